The molecule has 0 aliphatic heterocycles. The van der Waals surface area contributed by atoms with E-state index < -0.39 is 0 Å². The summed E-state index contributed by atoms with van der Waals surface area (Å²) in [5, 5.41) is 0. The molecule has 0 atom stereocenters. The van der Waals surface area contributed by atoms with E-state index >= 15 is 4.79 Å². The second kappa shape index (κ2) is 23.5. The predicted molar refractivity (Wildman–Crippen MR) is 194 cm³/mol. The molecule has 4 saturated carbocycles. The van der Waals surface area contributed by atoms with Gasteiger partial charge in [0.25, 0.3) is 0 Å². The molecule has 4 aliphatic carbocycles. The predicted octanol–water partition coefficient (Wildman–Crippen LogP) is 14.1. The number of carbonyl (C=O) groups excluding carboxylic acids is 1. The number of allylic oxidation sites excluding steroid dienone is 1. The summed E-state index contributed by atoms with van der Waals surface area (Å²) in [6.07, 6.45) is 48.2. The number of hydrogen-bond donors (Lipinski definition) is 0. The molecular weight excluding hydrogens is 548 g/mol. The van der Waals surface area contributed by atoms with Gasteiger partial charge in [-0.1, -0.05) is 173 Å². The Labute approximate surface area is 281 Å². The van der Waals surface area contributed by atoms with Gasteiger partial charge in [0.05, 0.1) is 0 Å². The number of ether oxygens (including phenoxy) is 1. The normalized spacial score (nSPS) is 25.4. The zero-order valence-electron chi connectivity index (χ0n) is 30.1. The molecule has 4 rings (SSSR count). The van der Waals surface area contributed by atoms with Crippen molar-refractivity contribution in [2.24, 2.45) is 17.8 Å². The molecule has 4 aliphatic rings. The van der Waals surface area contributed by atoms with E-state index in [2.05, 4.69) is 0 Å². The number of carbonyl (C=O) groups is 1. The van der Waals surface area contributed by atoms with Gasteiger partial charge in [0.1, 0.15) is 6.10 Å². The molecule has 0 N–H and O–H groups in total. The third-order valence-corrected chi connectivity index (χ3v) is 12.5. The SMILES string of the molecule is O=C(OC1CCCCCCCCC1)C(=C(C1CCCCCCCCC1)C1CCCCCCCCC1)C1CCCCCCCCC1. The van der Waals surface area contributed by atoms with Gasteiger partial charge in [0, 0.05) is 5.57 Å². The third-order valence-electron chi connectivity index (χ3n) is 12.5. The molecule has 0 heterocycles. The number of rotatable bonds is 5. The lowest BCUT2D eigenvalue weighted by Crippen LogP contribution is -2.29. The van der Waals surface area contributed by atoms with E-state index in [4.69, 9.17) is 4.74 Å². The fourth-order valence-electron chi connectivity index (χ4n) is 9.74. The Morgan fingerprint density at radius 1 is 0.311 bits per heavy atom. The van der Waals surface area contributed by atoms with Crippen LogP contribution in [0.2, 0.25) is 0 Å². The Hall–Kier alpha value is -0.790. The van der Waals surface area contributed by atoms with E-state index in [0.717, 1.165) is 12.8 Å². The molecule has 0 radical (unpaired) electrons. The molecule has 0 aromatic rings. The highest BCUT2D eigenvalue weighted by molar-refractivity contribution is 5.90. The minimum Gasteiger partial charge on any atom is -0.459 e. The quantitative estimate of drug-likeness (QED) is 0.225. The molecule has 0 aromatic heterocycles. The molecule has 0 saturated heterocycles. The molecule has 260 valence electrons. The van der Waals surface area contributed by atoms with Gasteiger partial charge in [-0.3, -0.25) is 0 Å². The Morgan fingerprint density at radius 3 is 0.867 bits per heavy atom. The fourth-order valence-corrected chi connectivity index (χ4v) is 9.74. The maximum atomic E-state index is 15.0. The van der Waals surface area contributed by atoms with Gasteiger partial charge >= 0.3 is 5.97 Å². The minimum absolute atomic E-state index is 0.138. The first-order valence-electron chi connectivity index (χ1n) is 21.3. The Morgan fingerprint density at radius 2 is 0.556 bits per heavy atom. The summed E-state index contributed by atoms with van der Waals surface area (Å²) in [5.41, 5.74) is 2.96. The van der Waals surface area contributed by atoms with Gasteiger partial charge in [-0.2, -0.15) is 0 Å². The van der Waals surface area contributed by atoms with Crippen LogP contribution in [0.5, 0.6) is 0 Å². The molecule has 0 bridgehead atoms. The second-order valence-corrected chi connectivity index (χ2v) is 16.2. The van der Waals surface area contributed by atoms with Crippen molar-refractivity contribution in [2.45, 2.75) is 237 Å². The molecule has 4 fully saturated rings. The lowest BCUT2D eigenvalue weighted by molar-refractivity contribution is -0.146. The topological polar surface area (TPSA) is 26.3 Å². The fraction of sp³-hybridized carbons (Fsp3) is 0.930. The Balaban J connectivity index is 1.73. The Kier molecular flexibility index (Phi) is 19.4. The van der Waals surface area contributed by atoms with Crippen LogP contribution in [0.25, 0.3) is 0 Å². The van der Waals surface area contributed by atoms with E-state index in [-0.39, 0.29) is 12.1 Å². The van der Waals surface area contributed by atoms with E-state index in [1.165, 1.54) is 224 Å². The van der Waals surface area contributed by atoms with E-state index in [9.17, 15) is 0 Å². The van der Waals surface area contributed by atoms with Crippen molar-refractivity contribution in [1.82, 2.24) is 0 Å². The highest BCUT2D eigenvalue weighted by Gasteiger charge is 2.34. The first-order chi connectivity index (χ1) is 22.3. The van der Waals surface area contributed by atoms with Gasteiger partial charge in [0.15, 0.2) is 0 Å². The van der Waals surface area contributed by atoms with Gasteiger partial charge in [0.2, 0.25) is 0 Å². The van der Waals surface area contributed by atoms with Crippen molar-refractivity contribution in [3.63, 3.8) is 0 Å². The van der Waals surface area contributed by atoms with Crippen molar-refractivity contribution < 1.29 is 9.53 Å². The molecule has 45 heavy (non-hydrogen) atoms. The van der Waals surface area contributed by atoms with E-state index in [1.807, 2.05) is 0 Å². The van der Waals surface area contributed by atoms with Crippen LogP contribution in [0.1, 0.15) is 231 Å². The summed E-state index contributed by atoms with van der Waals surface area (Å²) < 4.78 is 6.83. The smallest absolute Gasteiger partial charge is 0.334 e. The molecule has 0 amide bonds. The van der Waals surface area contributed by atoms with Gasteiger partial charge in [-0.05, 0) is 82.0 Å². The average Bonchev–Trinajstić information content (AvgIpc) is 3.07. The van der Waals surface area contributed by atoms with Crippen LogP contribution >= 0.6 is 0 Å². The van der Waals surface area contributed by atoms with Crippen molar-refractivity contribution in [1.29, 1.82) is 0 Å². The van der Waals surface area contributed by atoms with Crippen LogP contribution in [0, 0.1) is 17.8 Å². The zero-order valence-corrected chi connectivity index (χ0v) is 30.1. The van der Waals surface area contributed by atoms with E-state index in [0.29, 0.717) is 17.8 Å². The van der Waals surface area contributed by atoms with Crippen LogP contribution in [-0.2, 0) is 9.53 Å². The van der Waals surface area contributed by atoms with Crippen LogP contribution in [0.3, 0.4) is 0 Å². The molecule has 2 heteroatoms. The van der Waals surface area contributed by atoms with Crippen molar-refractivity contribution in [3.8, 4) is 0 Å². The monoisotopic (exact) mass is 625 g/mol. The minimum atomic E-state index is 0.138. The lowest BCUT2D eigenvalue weighted by Gasteiger charge is -2.35. The largest absolute Gasteiger partial charge is 0.459 e. The highest BCUT2D eigenvalue weighted by Crippen LogP contribution is 2.43. The summed E-state index contributed by atoms with van der Waals surface area (Å²) in [5.74, 6) is 1.82. The molecule has 0 spiro atoms. The second-order valence-electron chi connectivity index (χ2n) is 16.2. The van der Waals surface area contributed by atoms with Crippen LogP contribution in [0.15, 0.2) is 11.1 Å². The van der Waals surface area contributed by atoms with Gasteiger partial charge < -0.3 is 4.74 Å². The standard InChI is InChI=1S/C43H76O2/c44-43(45-40-35-27-19-11-4-12-20-28-36-40)42(39-33-25-17-9-3-10-18-26-34-39)41(37-29-21-13-5-1-6-14-22-30-37)38-31-23-15-7-2-8-16-24-32-38/h37-40H,1-36H2. The first-order valence-corrected chi connectivity index (χ1v) is 21.3. The first kappa shape index (κ1) is 37.0. The van der Waals surface area contributed by atoms with Gasteiger partial charge in [-0.15, -0.1) is 0 Å². The van der Waals surface area contributed by atoms with Crippen LogP contribution in [0.4, 0.5) is 0 Å². The zero-order chi connectivity index (χ0) is 31.2. The van der Waals surface area contributed by atoms with Crippen LogP contribution in [-0.4, -0.2) is 12.1 Å². The maximum absolute atomic E-state index is 15.0. The highest BCUT2D eigenvalue weighted by atomic mass is 16.5. The average molecular weight is 625 g/mol. The summed E-state index contributed by atoms with van der Waals surface area (Å²) in [6.45, 7) is 0. The summed E-state index contributed by atoms with van der Waals surface area (Å²) >= 11 is 0. The number of hydrogen-bond acceptors (Lipinski definition) is 2. The van der Waals surface area contributed by atoms with E-state index in [1.54, 1.807) is 5.57 Å². The molecular formula is C43H76O2. The summed E-state index contributed by atoms with van der Waals surface area (Å²) in [6, 6.07) is 0. The molecule has 2 nitrogen and oxygen atoms in total. The summed E-state index contributed by atoms with van der Waals surface area (Å²) in [7, 11) is 0. The number of esters is 1. The third kappa shape index (κ3) is 14.5. The summed E-state index contributed by atoms with van der Waals surface area (Å²) in [4.78, 5) is 15.0. The van der Waals surface area contributed by atoms with Crippen molar-refractivity contribution in [2.75, 3.05) is 0 Å². The lowest BCUT2D eigenvalue weighted by atomic mass is 9.71. The Bertz CT molecular complexity index is 730. The van der Waals surface area contributed by atoms with Gasteiger partial charge in [-0.25, -0.2) is 4.79 Å². The molecule has 0 unspecified atom stereocenters. The van der Waals surface area contributed by atoms with Crippen molar-refractivity contribution >= 4 is 5.97 Å². The van der Waals surface area contributed by atoms with Crippen LogP contribution < -0.4 is 0 Å². The van der Waals surface area contributed by atoms with Crippen molar-refractivity contribution in [3.05, 3.63) is 11.1 Å². The molecule has 0 aromatic carbocycles. The maximum Gasteiger partial charge on any atom is 0.334 e.